The van der Waals surface area contributed by atoms with E-state index in [1.807, 2.05) is 19.1 Å². The van der Waals surface area contributed by atoms with Gasteiger partial charge in [0.2, 0.25) is 10.0 Å². The molecule has 0 atom stereocenters. The van der Waals surface area contributed by atoms with Gasteiger partial charge in [0, 0.05) is 13.2 Å². The van der Waals surface area contributed by atoms with Crippen LogP contribution in [0.2, 0.25) is 0 Å². The monoisotopic (exact) mass is 299 g/mol. The Labute approximate surface area is 122 Å². The topological polar surface area (TPSA) is 55.4 Å². The average Bonchev–Trinajstić information content (AvgIpc) is 2.44. The molecule has 1 aromatic rings. The first-order valence-electron chi connectivity index (χ1n) is 7.01. The minimum Gasteiger partial charge on any atom is -0.380 e. The van der Waals surface area contributed by atoms with Crippen molar-refractivity contribution in [2.24, 2.45) is 0 Å². The lowest BCUT2D eigenvalue weighted by molar-refractivity contribution is 0.153. The van der Waals surface area contributed by atoms with Crippen molar-refractivity contribution in [3.05, 3.63) is 29.8 Å². The molecule has 0 fully saturated rings. The first kappa shape index (κ1) is 17.1. The molecule has 0 aliphatic rings. The molecule has 0 unspecified atom stereocenters. The summed E-state index contributed by atoms with van der Waals surface area (Å²) in [5, 5.41) is 0. The van der Waals surface area contributed by atoms with Crippen LogP contribution < -0.4 is 4.72 Å². The van der Waals surface area contributed by atoms with E-state index in [0.29, 0.717) is 24.7 Å². The maximum Gasteiger partial charge on any atom is 0.240 e. The highest BCUT2D eigenvalue weighted by atomic mass is 32.2. The second kappa shape index (κ2) is 7.20. The molecule has 1 aromatic carbocycles. The average molecular weight is 299 g/mol. The van der Waals surface area contributed by atoms with Gasteiger partial charge in [0.05, 0.1) is 11.5 Å². The summed E-state index contributed by atoms with van der Waals surface area (Å²) in [6.07, 6.45) is 1.01. The van der Waals surface area contributed by atoms with Gasteiger partial charge in [-0.1, -0.05) is 32.9 Å². The first-order chi connectivity index (χ1) is 9.33. The van der Waals surface area contributed by atoms with Crippen molar-refractivity contribution in [1.82, 2.24) is 4.72 Å². The smallest absolute Gasteiger partial charge is 0.240 e. The minimum atomic E-state index is -3.44. The Bertz CT molecular complexity index is 506. The Hall–Kier alpha value is -0.910. The van der Waals surface area contributed by atoms with Gasteiger partial charge < -0.3 is 4.74 Å². The van der Waals surface area contributed by atoms with E-state index in [4.69, 9.17) is 4.74 Å². The largest absolute Gasteiger partial charge is 0.380 e. The van der Waals surface area contributed by atoms with Crippen LogP contribution in [-0.4, -0.2) is 28.2 Å². The van der Waals surface area contributed by atoms with Gasteiger partial charge in [0.1, 0.15) is 0 Å². The van der Waals surface area contributed by atoms with Crippen LogP contribution in [0.25, 0.3) is 0 Å². The normalized spacial score (nSPS) is 12.6. The van der Waals surface area contributed by atoms with Crippen molar-refractivity contribution in [3.8, 4) is 0 Å². The van der Waals surface area contributed by atoms with E-state index in [1.54, 1.807) is 12.1 Å². The van der Waals surface area contributed by atoms with Gasteiger partial charge in [0.15, 0.2) is 0 Å². The third kappa shape index (κ3) is 4.58. The lowest BCUT2D eigenvalue weighted by Gasteiger charge is -2.23. The molecule has 0 radical (unpaired) electrons. The fourth-order valence-electron chi connectivity index (χ4n) is 1.77. The Morgan fingerprint density at radius 1 is 1.15 bits per heavy atom. The van der Waals surface area contributed by atoms with E-state index in [-0.39, 0.29) is 5.41 Å². The van der Waals surface area contributed by atoms with E-state index in [9.17, 15) is 8.42 Å². The number of benzene rings is 1. The Morgan fingerprint density at radius 2 is 1.75 bits per heavy atom. The van der Waals surface area contributed by atoms with E-state index >= 15 is 0 Å². The molecule has 0 saturated heterocycles. The number of hydrogen-bond acceptors (Lipinski definition) is 3. The van der Waals surface area contributed by atoms with Gasteiger partial charge in [-0.25, -0.2) is 13.1 Å². The van der Waals surface area contributed by atoms with Crippen molar-refractivity contribution in [2.45, 2.75) is 44.4 Å². The lowest BCUT2D eigenvalue weighted by Crippen LogP contribution is -2.27. The molecule has 1 N–H and O–H groups in total. The second-order valence-electron chi connectivity index (χ2n) is 5.36. The van der Waals surface area contributed by atoms with Gasteiger partial charge in [0.25, 0.3) is 0 Å². The fourth-order valence-corrected chi connectivity index (χ4v) is 2.78. The zero-order valence-corrected chi connectivity index (χ0v) is 13.6. The van der Waals surface area contributed by atoms with Crippen molar-refractivity contribution in [2.75, 3.05) is 19.8 Å². The number of rotatable bonds is 8. The van der Waals surface area contributed by atoms with Crippen molar-refractivity contribution in [1.29, 1.82) is 0 Å². The minimum absolute atomic E-state index is 0.0602. The molecular formula is C15H25NO3S. The first-order valence-corrected chi connectivity index (χ1v) is 8.49. The van der Waals surface area contributed by atoms with Gasteiger partial charge in [-0.05, 0) is 36.5 Å². The molecular weight excluding hydrogens is 274 g/mol. The molecule has 0 heterocycles. The van der Waals surface area contributed by atoms with Gasteiger partial charge in [-0.15, -0.1) is 0 Å². The molecule has 4 nitrogen and oxygen atoms in total. The van der Waals surface area contributed by atoms with Crippen LogP contribution in [-0.2, 0) is 20.2 Å². The maximum atomic E-state index is 12.1. The summed E-state index contributed by atoms with van der Waals surface area (Å²) < 4.78 is 31.8. The molecule has 114 valence electrons. The molecule has 0 amide bonds. The van der Waals surface area contributed by atoms with Crippen LogP contribution in [0, 0.1) is 0 Å². The molecule has 0 bridgehead atoms. The van der Waals surface area contributed by atoms with Crippen LogP contribution in [0.15, 0.2) is 29.2 Å². The summed E-state index contributed by atoms with van der Waals surface area (Å²) >= 11 is 0. The molecule has 0 aliphatic heterocycles. The molecule has 20 heavy (non-hydrogen) atoms. The van der Waals surface area contributed by atoms with Crippen LogP contribution in [0.1, 0.15) is 39.7 Å². The molecule has 0 aliphatic carbocycles. The van der Waals surface area contributed by atoms with Gasteiger partial charge in [-0.2, -0.15) is 0 Å². The molecule has 1 rings (SSSR count). The van der Waals surface area contributed by atoms with Crippen molar-refractivity contribution < 1.29 is 13.2 Å². The van der Waals surface area contributed by atoms with E-state index in [2.05, 4.69) is 25.5 Å². The summed E-state index contributed by atoms with van der Waals surface area (Å²) in [7, 11) is -3.44. The summed E-state index contributed by atoms with van der Waals surface area (Å²) in [6, 6.07) is 7.10. The number of ether oxygens (including phenoxy) is 1. The number of hydrogen-bond donors (Lipinski definition) is 1. The van der Waals surface area contributed by atoms with Crippen LogP contribution in [0.5, 0.6) is 0 Å². The summed E-state index contributed by atoms with van der Waals surface area (Å²) in [5.41, 5.74) is 1.21. The molecule has 0 aromatic heterocycles. The van der Waals surface area contributed by atoms with E-state index in [1.165, 1.54) is 0 Å². The highest BCUT2D eigenvalue weighted by Gasteiger charge is 2.19. The third-order valence-corrected chi connectivity index (χ3v) is 5.05. The summed E-state index contributed by atoms with van der Waals surface area (Å²) in [5.74, 6) is 0. The third-order valence-electron chi connectivity index (χ3n) is 3.57. The van der Waals surface area contributed by atoms with Gasteiger partial charge >= 0.3 is 0 Å². The number of sulfonamides is 1. The maximum absolute atomic E-state index is 12.1. The van der Waals surface area contributed by atoms with Crippen LogP contribution in [0.4, 0.5) is 0 Å². The molecule has 0 spiro atoms. The fraction of sp³-hybridized carbons (Fsp3) is 0.600. The summed E-state index contributed by atoms with van der Waals surface area (Å²) in [6.45, 7) is 9.56. The Balaban J connectivity index is 2.77. The van der Waals surface area contributed by atoms with Crippen molar-refractivity contribution >= 4 is 10.0 Å². The Morgan fingerprint density at radius 3 is 2.25 bits per heavy atom. The quantitative estimate of drug-likeness (QED) is 0.751. The van der Waals surface area contributed by atoms with E-state index in [0.717, 1.165) is 12.0 Å². The SMILES string of the molecule is CCOCCNS(=O)(=O)c1ccc(C(C)(C)CC)cc1. The molecule has 0 saturated carbocycles. The lowest BCUT2D eigenvalue weighted by atomic mass is 9.82. The Kier molecular flexibility index (Phi) is 6.17. The van der Waals surface area contributed by atoms with Gasteiger partial charge in [-0.3, -0.25) is 0 Å². The van der Waals surface area contributed by atoms with Crippen LogP contribution in [0.3, 0.4) is 0 Å². The second-order valence-corrected chi connectivity index (χ2v) is 7.12. The standard InChI is InChI=1S/C15H25NO3S/c1-5-15(3,4)13-7-9-14(10-8-13)20(17,18)16-11-12-19-6-2/h7-10,16H,5-6,11-12H2,1-4H3. The molecule has 5 heteroatoms. The predicted octanol–water partition coefficient (Wildman–Crippen LogP) is 2.69. The number of nitrogens with one attached hydrogen (secondary N) is 1. The van der Waals surface area contributed by atoms with E-state index < -0.39 is 10.0 Å². The predicted molar refractivity (Wildman–Crippen MR) is 81.4 cm³/mol. The summed E-state index contributed by atoms with van der Waals surface area (Å²) in [4.78, 5) is 0.296. The highest BCUT2D eigenvalue weighted by molar-refractivity contribution is 7.89. The zero-order valence-electron chi connectivity index (χ0n) is 12.8. The highest BCUT2D eigenvalue weighted by Crippen LogP contribution is 2.27. The zero-order chi connectivity index (χ0) is 15.2. The van der Waals surface area contributed by atoms with Crippen molar-refractivity contribution in [3.63, 3.8) is 0 Å². The van der Waals surface area contributed by atoms with Crippen LogP contribution >= 0.6 is 0 Å².